The number of hydrogen-bond donors (Lipinski definition) is 1. The van der Waals surface area contributed by atoms with Crippen molar-refractivity contribution in [1.82, 2.24) is 4.98 Å². The van der Waals surface area contributed by atoms with Crippen LogP contribution >= 0.6 is 11.3 Å². The minimum Gasteiger partial charge on any atom is -0.454 e. The van der Waals surface area contributed by atoms with Crippen molar-refractivity contribution in [1.29, 1.82) is 5.26 Å². The van der Waals surface area contributed by atoms with Gasteiger partial charge in [-0.2, -0.15) is 10.4 Å². The summed E-state index contributed by atoms with van der Waals surface area (Å²) in [5.74, 6) is 1.36. The Morgan fingerprint density at radius 3 is 2.96 bits per heavy atom. The van der Waals surface area contributed by atoms with E-state index in [1.54, 1.807) is 12.1 Å². The molecule has 0 spiro atoms. The number of nitriles is 1. The second kappa shape index (κ2) is 5.59. The van der Waals surface area contributed by atoms with Gasteiger partial charge in [0.05, 0.1) is 15.9 Å². The topological polar surface area (TPSA) is 79.5 Å². The summed E-state index contributed by atoms with van der Waals surface area (Å²) in [5.41, 5.74) is 4.68. The highest BCUT2D eigenvalue weighted by Gasteiger charge is 2.14. The molecule has 0 saturated heterocycles. The van der Waals surface area contributed by atoms with Crippen molar-refractivity contribution < 1.29 is 9.47 Å². The van der Waals surface area contributed by atoms with Crippen LogP contribution in [0.5, 0.6) is 11.5 Å². The summed E-state index contributed by atoms with van der Waals surface area (Å²) in [6.07, 6.45) is 0. The average Bonchev–Trinajstić information content (AvgIpc) is 3.21. The molecular weight excluding hydrogens is 312 g/mol. The zero-order chi connectivity index (χ0) is 15.6. The lowest BCUT2D eigenvalue weighted by Crippen LogP contribution is -2.01. The van der Waals surface area contributed by atoms with Crippen molar-refractivity contribution >= 4 is 33.0 Å². The molecule has 1 N–H and O–H groups in total. The van der Waals surface area contributed by atoms with Crippen molar-refractivity contribution in [3.63, 3.8) is 0 Å². The molecule has 3 aromatic rings. The number of rotatable bonds is 3. The molecule has 2 aromatic carbocycles. The van der Waals surface area contributed by atoms with Gasteiger partial charge in [-0.25, -0.2) is 4.98 Å². The molecule has 1 aliphatic heterocycles. The van der Waals surface area contributed by atoms with Crippen LogP contribution in [0.2, 0.25) is 0 Å². The molecule has 0 unspecified atom stereocenters. The lowest BCUT2D eigenvalue weighted by molar-refractivity contribution is 0.174. The largest absolute Gasteiger partial charge is 0.454 e. The van der Waals surface area contributed by atoms with Crippen molar-refractivity contribution in [3.05, 3.63) is 47.5 Å². The first-order chi connectivity index (χ1) is 11.3. The maximum absolute atomic E-state index is 9.34. The van der Waals surface area contributed by atoms with E-state index in [0.29, 0.717) is 22.2 Å². The number of nitrogens with one attached hydrogen (secondary N) is 1. The minimum atomic E-state index is 0.219. The maximum Gasteiger partial charge on any atom is 0.231 e. The van der Waals surface area contributed by atoms with Crippen molar-refractivity contribution in [2.24, 2.45) is 5.10 Å². The third-order valence-electron chi connectivity index (χ3n) is 3.27. The van der Waals surface area contributed by atoms with Gasteiger partial charge in [0.25, 0.3) is 0 Å². The first-order valence-corrected chi connectivity index (χ1v) is 7.64. The van der Waals surface area contributed by atoms with Crippen LogP contribution in [-0.4, -0.2) is 17.5 Å². The zero-order valence-corrected chi connectivity index (χ0v) is 12.6. The Balaban J connectivity index is 1.62. The van der Waals surface area contributed by atoms with Gasteiger partial charge in [0.1, 0.15) is 6.07 Å². The first kappa shape index (κ1) is 13.5. The van der Waals surface area contributed by atoms with E-state index in [0.717, 1.165) is 10.2 Å². The number of thiazole rings is 1. The monoisotopic (exact) mass is 322 g/mol. The molecule has 23 heavy (non-hydrogen) atoms. The molecule has 2 heterocycles. The fourth-order valence-electron chi connectivity index (χ4n) is 2.18. The van der Waals surface area contributed by atoms with Crippen molar-refractivity contribution in [3.8, 4) is 17.6 Å². The number of para-hydroxylation sites is 1. The Labute approximate surface area is 135 Å². The lowest BCUT2D eigenvalue weighted by atomic mass is 10.3. The van der Waals surface area contributed by atoms with Gasteiger partial charge in [-0.15, -0.1) is 11.3 Å². The van der Waals surface area contributed by atoms with Crippen LogP contribution in [-0.2, 0) is 0 Å². The van der Waals surface area contributed by atoms with E-state index in [1.165, 1.54) is 11.3 Å². The highest BCUT2D eigenvalue weighted by Crippen LogP contribution is 2.34. The van der Waals surface area contributed by atoms with Gasteiger partial charge in [-0.1, -0.05) is 12.1 Å². The van der Waals surface area contributed by atoms with Gasteiger partial charge in [0, 0.05) is 6.07 Å². The number of anilines is 1. The summed E-state index contributed by atoms with van der Waals surface area (Å²) in [6.45, 7) is 0.219. The number of nitrogens with zero attached hydrogens (tertiary/aromatic N) is 3. The van der Waals surface area contributed by atoms with Crippen LogP contribution in [0, 0.1) is 11.3 Å². The normalized spacial score (nSPS) is 13.1. The van der Waals surface area contributed by atoms with Crippen LogP contribution in [0.15, 0.2) is 47.6 Å². The molecule has 0 fully saturated rings. The Bertz CT molecular complexity index is 925. The molecule has 0 radical (unpaired) electrons. The molecule has 0 amide bonds. The number of fused-ring (bicyclic) bond motifs is 2. The highest BCUT2D eigenvalue weighted by molar-refractivity contribution is 7.20. The summed E-state index contributed by atoms with van der Waals surface area (Å²) in [5, 5.41) is 14.1. The van der Waals surface area contributed by atoms with E-state index in [9.17, 15) is 5.26 Å². The van der Waals surface area contributed by atoms with Crippen molar-refractivity contribution in [2.45, 2.75) is 0 Å². The van der Waals surface area contributed by atoms with Crippen LogP contribution in [0.3, 0.4) is 0 Å². The fraction of sp³-hybridized carbons (Fsp3) is 0.0625. The number of ether oxygens (including phenoxy) is 2. The predicted molar refractivity (Wildman–Crippen MR) is 88.0 cm³/mol. The third kappa shape index (κ3) is 2.56. The third-order valence-corrected chi connectivity index (χ3v) is 4.31. The van der Waals surface area contributed by atoms with Gasteiger partial charge in [0.2, 0.25) is 6.79 Å². The molecule has 0 aliphatic carbocycles. The molecule has 0 bridgehead atoms. The van der Waals surface area contributed by atoms with E-state index in [1.807, 2.05) is 30.3 Å². The van der Waals surface area contributed by atoms with Gasteiger partial charge in [0.15, 0.2) is 22.2 Å². The molecule has 0 saturated carbocycles. The van der Waals surface area contributed by atoms with E-state index in [2.05, 4.69) is 21.6 Å². The zero-order valence-electron chi connectivity index (χ0n) is 11.8. The quantitative estimate of drug-likeness (QED) is 0.591. The lowest BCUT2D eigenvalue weighted by Gasteiger charge is -2.02. The van der Waals surface area contributed by atoms with E-state index < -0.39 is 0 Å². The fourth-order valence-corrected chi connectivity index (χ4v) is 3.09. The molecule has 6 nitrogen and oxygen atoms in total. The van der Waals surface area contributed by atoms with Crippen LogP contribution in [0.1, 0.15) is 5.01 Å². The summed E-state index contributed by atoms with van der Waals surface area (Å²) in [4.78, 5) is 4.43. The molecule has 1 aromatic heterocycles. The second-order valence-corrected chi connectivity index (χ2v) is 5.77. The molecule has 7 heteroatoms. The Hall–Kier alpha value is -3.11. The van der Waals surface area contributed by atoms with Crippen molar-refractivity contribution in [2.75, 3.05) is 12.2 Å². The van der Waals surface area contributed by atoms with E-state index >= 15 is 0 Å². The SMILES string of the molecule is N#C/C(=N/Nc1ccc2c(c1)OCO2)c1nc2ccccc2s1. The number of hydrazone groups is 1. The Morgan fingerprint density at radius 1 is 1.22 bits per heavy atom. The maximum atomic E-state index is 9.34. The van der Waals surface area contributed by atoms with Crippen LogP contribution in [0.25, 0.3) is 10.2 Å². The van der Waals surface area contributed by atoms with E-state index in [4.69, 9.17) is 9.47 Å². The number of hydrogen-bond acceptors (Lipinski definition) is 7. The molecular formula is C16H10N4O2S. The highest BCUT2D eigenvalue weighted by atomic mass is 32.1. The molecule has 4 rings (SSSR count). The number of aromatic nitrogens is 1. The Morgan fingerprint density at radius 2 is 2.09 bits per heavy atom. The predicted octanol–water partition coefficient (Wildman–Crippen LogP) is 3.36. The smallest absolute Gasteiger partial charge is 0.231 e. The van der Waals surface area contributed by atoms with E-state index in [-0.39, 0.29) is 12.5 Å². The summed E-state index contributed by atoms with van der Waals surface area (Å²) in [6, 6.07) is 15.2. The average molecular weight is 322 g/mol. The minimum absolute atomic E-state index is 0.219. The van der Waals surface area contributed by atoms with Gasteiger partial charge >= 0.3 is 0 Å². The summed E-state index contributed by atoms with van der Waals surface area (Å²) < 4.78 is 11.6. The molecule has 0 atom stereocenters. The molecule has 1 aliphatic rings. The van der Waals surface area contributed by atoms with Crippen LogP contribution < -0.4 is 14.9 Å². The van der Waals surface area contributed by atoms with Gasteiger partial charge in [-0.05, 0) is 24.3 Å². The first-order valence-electron chi connectivity index (χ1n) is 6.83. The second-order valence-electron chi connectivity index (χ2n) is 4.74. The van der Waals surface area contributed by atoms with Gasteiger partial charge < -0.3 is 9.47 Å². The summed E-state index contributed by atoms with van der Waals surface area (Å²) in [7, 11) is 0. The molecule has 112 valence electrons. The number of benzene rings is 2. The van der Waals surface area contributed by atoms with Crippen LogP contribution in [0.4, 0.5) is 5.69 Å². The van der Waals surface area contributed by atoms with Gasteiger partial charge in [-0.3, -0.25) is 5.43 Å². The standard InChI is InChI=1S/C16H10N4O2S/c17-8-12(16-18-11-3-1-2-4-15(11)23-16)20-19-10-5-6-13-14(7-10)22-9-21-13/h1-7,19H,9H2/b20-12-. The summed E-state index contributed by atoms with van der Waals surface area (Å²) >= 11 is 1.44. The Kier molecular flexibility index (Phi) is 3.29.